The fraction of sp³-hybridized carbons (Fsp3) is 0.200. The second-order valence-electron chi connectivity index (χ2n) is 6.81. The Balaban J connectivity index is 1.75. The minimum atomic E-state index is -1.23. The summed E-state index contributed by atoms with van der Waals surface area (Å²) in [5.74, 6) is -3.41. The maximum absolute atomic E-state index is 15.3. The third-order valence-electron chi connectivity index (χ3n) is 5.02. The molecule has 0 bridgehead atoms. The maximum atomic E-state index is 15.3. The molecule has 4 rings (SSSR count). The maximum Gasteiger partial charge on any atom is 0.246 e. The van der Waals surface area contributed by atoms with E-state index in [9.17, 15) is 13.6 Å². The van der Waals surface area contributed by atoms with Crippen molar-refractivity contribution in [2.75, 3.05) is 36.8 Å². The van der Waals surface area contributed by atoms with Crippen molar-refractivity contribution in [3.8, 4) is 11.1 Å². The largest absolute Gasteiger partial charge is 0.399 e. The lowest BCUT2D eigenvalue weighted by molar-refractivity contribution is -0.126. The van der Waals surface area contributed by atoms with Gasteiger partial charge in [0, 0.05) is 48.4 Å². The zero-order valence-electron chi connectivity index (χ0n) is 15.6. The summed E-state index contributed by atoms with van der Waals surface area (Å²) in [4.78, 5) is 15.4. The molecule has 2 N–H and O–H groups in total. The number of carbonyl (C=O) groups excluding carboxylic acids is 1. The minimum absolute atomic E-state index is 0.0150. The van der Waals surface area contributed by atoms with Crippen molar-refractivity contribution in [1.29, 1.82) is 0 Å². The van der Waals surface area contributed by atoms with Gasteiger partial charge >= 0.3 is 0 Å². The molecule has 1 aromatic heterocycles. The molecule has 0 radical (unpaired) electrons. The van der Waals surface area contributed by atoms with Crippen molar-refractivity contribution < 1.29 is 18.0 Å². The first-order valence-electron chi connectivity index (χ1n) is 9.00. The third kappa shape index (κ3) is 3.37. The number of halogens is 4. The van der Waals surface area contributed by atoms with Gasteiger partial charge in [0.25, 0.3) is 0 Å². The lowest BCUT2D eigenvalue weighted by atomic mass is 10.0. The highest BCUT2D eigenvalue weighted by Gasteiger charge is 2.26. The number of hydrogen-bond acceptors (Lipinski definition) is 5. The minimum Gasteiger partial charge on any atom is -0.399 e. The van der Waals surface area contributed by atoms with Crippen LogP contribution in [0.3, 0.4) is 0 Å². The number of anilines is 2. The van der Waals surface area contributed by atoms with Gasteiger partial charge in [-0.15, -0.1) is 0 Å². The Morgan fingerprint density at radius 3 is 2.53 bits per heavy atom. The highest BCUT2D eigenvalue weighted by atomic mass is 35.5. The SMILES string of the molecule is C=CC(=O)N1CCN(c2snc3c(F)c(-c4cc(N)cc(F)c4F)c(Cl)cc23)CC1. The molecule has 2 heterocycles. The van der Waals surface area contributed by atoms with Gasteiger partial charge < -0.3 is 15.5 Å². The van der Waals surface area contributed by atoms with Gasteiger partial charge in [-0.25, -0.2) is 13.2 Å². The molecule has 1 amide bonds. The number of hydrogen-bond donors (Lipinski definition) is 1. The Morgan fingerprint density at radius 2 is 1.87 bits per heavy atom. The van der Waals surface area contributed by atoms with E-state index in [1.807, 2.05) is 4.90 Å². The lowest BCUT2D eigenvalue weighted by Crippen LogP contribution is -2.48. The molecular formula is C20H16ClF3N4OS. The fourth-order valence-corrected chi connectivity index (χ4v) is 4.73. The smallest absolute Gasteiger partial charge is 0.246 e. The van der Waals surface area contributed by atoms with E-state index in [4.69, 9.17) is 17.3 Å². The molecule has 0 spiro atoms. The number of nitrogens with two attached hydrogens (primary N) is 1. The number of aromatic nitrogens is 1. The van der Waals surface area contributed by atoms with Gasteiger partial charge in [0.05, 0.1) is 5.02 Å². The molecular weight excluding hydrogens is 437 g/mol. The van der Waals surface area contributed by atoms with Gasteiger partial charge in [-0.05, 0) is 35.8 Å². The van der Waals surface area contributed by atoms with E-state index < -0.39 is 17.5 Å². The van der Waals surface area contributed by atoms with Crippen molar-refractivity contribution >= 4 is 50.6 Å². The van der Waals surface area contributed by atoms with Crippen LogP contribution in [0, 0.1) is 17.5 Å². The molecule has 0 unspecified atom stereocenters. The third-order valence-corrected chi connectivity index (χ3v) is 6.24. The van der Waals surface area contributed by atoms with Gasteiger partial charge in [0.2, 0.25) is 5.91 Å². The molecule has 0 aliphatic carbocycles. The molecule has 10 heteroatoms. The van der Waals surface area contributed by atoms with E-state index in [1.54, 1.807) is 4.90 Å². The highest BCUT2D eigenvalue weighted by Crippen LogP contribution is 2.42. The second kappa shape index (κ2) is 7.81. The van der Waals surface area contributed by atoms with Gasteiger partial charge in [0.1, 0.15) is 10.5 Å². The molecule has 1 aliphatic heterocycles. The molecule has 3 aromatic rings. The van der Waals surface area contributed by atoms with E-state index >= 15 is 4.39 Å². The zero-order valence-corrected chi connectivity index (χ0v) is 17.2. The van der Waals surface area contributed by atoms with Crippen LogP contribution in [0.15, 0.2) is 30.9 Å². The van der Waals surface area contributed by atoms with Gasteiger partial charge in [0.15, 0.2) is 17.5 Å². The molecule has 30 heavy (non-hydrogen) atoms. The van der Waals surface area contributed by atoms with Crippen LogP contribution in [0.5, 0.6) is 0 Å². The van der Waals surface area contributed by atoms with E-state index in [0.29, 0.717) is 36.6 Å². The topological polar surface area (TPSA) is 62.5 Å². The molecule has 1 aliphatic rings. The number of amides is 1. The summed E-state index contributed by atoms with van der Waals surface area (Å²) in [7, 11) is 0. The predicted octanol–water partition coefficient (Wildman–Crippen LogP) is 4.45. The van der Waals surface area contributed by atoms with Crippen molar-refractivity contribution in [2.45, 2.75) is 0 Å². The Bertz CT molecular complexity index is 1170. The lowest BCUT2D eigenvalue weighted by Gasteiger charge is -2.34. The number of benzene rings is 2. The van der Waals surface area contributed by atoms with Crippen LogP contribution in [0.1, 0.15) is 0 Å². The molecule has 1 fully saturated rings. The predicted molar refractivity (Wildman–Crippen MR) is 113 cm³/mol. The van der Waals surface area contributed by atoms with Crippen LogP contribution >= 0.6 is 23.1 Å². The van der Waals surface area contributed by atoms with Crippen molar-refractivity contribution in [3.05, 3.63) is 53.3 Å². The van der Waals surface area contributed by atoms with E-state index in [-0.39, 0.29) is 33.3 Å². The molecule has 1 saturated heterocycles. The van der Waals surface area contributed by atoms with Gasteiger partial charge in [-0.2, -0.15) is 4.37 Å². The molecule has 0 saturated carbocycles. The number of nitrogen functional groups attached to an aromatic ring is 1. The number of nitrogens with zero attached hydrogens (tertiary/aromatic N) is 3. The Morgan fingerprint density at radius 1 is 1.17 bits per heavy atom. The summed E-state index contributed by atoms with van der Waals surface area (Å²) in [6.45, 7) is 5.54. The molecule has 2 aromatic carbocycles. The standard InChI is InChI=1S/C20H16ClF3N4OS/c1-2-15(29)27-3-5-28(6-4-27)20-12-9-13(21)16(18(24)19(12)26-30-20)11-7-10(25)8-14(22)17(11)23/h2,7-9H,1,3-6,25H2. The normalized spacial score (nSPS) is 14.4. The summed E-state index contributed by atoms with van der Waals surface area (Å²) in [5.41, 5.74) is 4.92. The van der Waals surface area contributed by atoms with Crippen LogP contribution in [0.4, 0.5) is 23.9 Å². The van der Waals surface area contributed by atoms with Gasteiger partial charge in [-0.3, -0.25) is 4.79 Å². The summed E-state index contributed by atoms with van der Waals surface area (Å²) in [6.07, 6.45) is 1.27. The fourth-order valence-electron chi connectivity index (χ4n) is 3.52. The van der Waals surface area contributed by atoms with Crippen LogP contribution in [0.25, 0.3) is 22.0 Å². The van der Waals surface area contributed by atoms with E-state index in [0.717, 1.165) is 23.7 Å². The first-order valence-corrected chi connectivity index (χ1v) is 10.2. The molecule has 156 valence electrons. The number of rotatable bonds is 3. The average molecular weight is 453 g/mol. The molecule has 5 nitrogen and oxygen atoms in total. The number of piperazine rings is 1. The number of carbonyl (C=O) groups is 1. The number of fused-ring (bicyclic) bond motifs is 1. The Labute approximate surface area is 179 Å². The van der Waals surface area contributed by atoms with E-state index in [2.05, 4.69) is 11.0 Å². The second-order valence-corrected chi connectivity index (χ2v) is 7.97. The first kappa shape index (κ1) is 20.5. The first-order chi connectivity index (χ1) is 14.3. The monoisotopic (exact) mass is 452 g/mol. The van der Waals surface area contributed by atoms with Crippen LogP contribution < -0.4 is 10.6 Å². The molecule has 0 atom stereocenters. The highest BCUT2D eigenvalue weighted by molar-refractivity contribution is 7.11. The van der Waals surface area contributed by atoms with Gasteiger partial charge in [-0.1, -0.05) is 18.2 Å². The Kier molecular flexibility index (Phi) is 5.33. The summed E-state index contributed by atoms with van der Waals surface area (Å²) >= 11 is 7.38. The Hall–Kier alpha value is -2.78. The average Bonchev–Trinajstić information content (AvgIpc) is 3.15. The summed E-state index contributed by atoms with van der Waals surface area (Å²) in [5, 5.41) is 1.09. The summed E-state index contributed by atoms with van der Waals surface area (Å²) < 4.78 is 47.6. The van der Waals surface area contributed by atoms with Crippen LogP contribution in [-0.2, 0) is 4.79 Å². The van der Waals surface area contributed by atoms with Crippen LogP contribution in [0.2, 0.25) is 5.02 Å². The zero-order chi connectivity index (χ0) is 21.6. The quantitative estimate of drug-likeness (QED) is 0.471. The van der Waals surface area contributed by atoms with Crippen LogP contribution in [-0.4, -0.2) is 41.4 Å². The van der Waals surface area contributed by atoms with Crippen molar-refractivity contribution in [1.82, 2.24) is 9.27 Å². The summed E-state index contributed by atoms with van der Waals surface area (Å²) in [6, 6.07) is 3.45. The van der Waals surface area contributed by atoms with Crippen molar-refractivity contribution in [2.24, 2.45) is 0 Å². The van der Waals surface area contributed by atoms with Crippen molar-refractivity contribution in [3.63, 3.8) is 0 Å². The van der Waals surface area contributed by atoms with E-state index in [1.165, 1.54) is 12.1 Å².